The summed E-state index contributed by atoms with van der Waals surface area (Å²) in [5, 5.41) is 2.54. The minimum absolute atomic E-state index is 0.111. The normalized spacial score (nSPS) is 11.0. The molecule has 0 aromatic carbocycles. The molecule has 0 unspecified atom stereocenters. The van der Waals surface area contributed by atoms with Crippen LogP contribution in [0.15, 0.2) is 0 Å². The zero-order chi connectivity index (χ0) is 9.07. The Morgan fingerprint density at radius 1 is 1.64 bits per heavy atom. The maximum Gasteiger partial charge on any atom is 0.317 e. The van der Waals surface area contributed by atoms with E-state index in [4.69, 9.17) is 5.73 Å². The lowest BCUT2D eigenvalue weighted by molar-refractivity contribution is 0.162. The summed E-state index contributed by atoms with van der Waals surface area (Å²) in [4.78, 5) is 12.7. The van der Waals surface area contributed by atoms with Gasteiger partial charge in [0, 0.05) is 20.6 Å². The molecule has 0 heterocycles. The van der Waals surface area contributed by atoms with Gasteiger partial charge < -0.3 is 16.0 Å². The Kier molecular flexibility index (Phi) is 3.32. The maximum absolute atomic E-state index is 11.1. The molecule has 4 nitrogen and oxygen atoms in total. The molecule has 0 saturated heterocycles. The van der Waals surface area contributed by atoms with Crippen LogP contribution in [0.4, 0.5) is 4.79 Å². The molecule has 0 aromatic rings. The van der Waals surface area contributed by atoms with Gasteiger partial charge in [0.2, 0.25) is 0 Å². The molecule has 11 heavy (non-hydrogen) atoms. The number of amides is 2. The molecule has 66 valence electrons. The summed E-state index contributed by atoms with van der Waals surface area (Å²) < 4.78 is 0. The summed E-state index contributed by atoms with van der Waals surface area (Å²) in [6.45, 7) is 4.29. The topological polar surface area (TPSA) is 58.4 Å². The minimum atomic E-state index is -0.278. The fourth-order valence-corrected chi connectivity index (χ4v) is 0.580. The average molecular weight is 159 g/mol. The third-order valence-electron chi connectivity index (χ3n) is 1.93. The van der Waals surface area contributed by atoms with Crippen molar-refractivity contribution in [3.05, 3.63) is 0 Å². The van der Waals surface area contributed by atoms with Crippen molar-refractivity contribution in [2.75, 3.05) is 20.6 Å². The monoisotopic (exact) mass is 159 g/mol. The van der Waals surface area contributed by atoms with E-state index in [1.807, 2.05) is 13.8 Å². The molecule has 0 atom stereocenters. The third-order valence-corrected chi connectivity index (χ3v) is 1.93. The van der Waals surface area contributed by atoms with E-state index in [1.165, 1.54) is 0 Å². The van der Waals surface area contributed by atoms with E-state index in [0.29, 0.717) is 6.54 Å². The summed E-state index contributed by atoms with van der Waals surface area (Å²) in [6, 6.07) is -0.111. The zero-order valence-electron chi connectivity index (χ0n) is 7.64. The van der Waals surface area contributed by atoms with Gasteiger partial charge in [-0.3, -0.25) is 0 Å². The zero-order valence-corrected chi connectivity index (χ0v) is 7.64. The van der Waals surface area contributed by atoms with Crippen LogP contribution < -0.4 is 11.1 Å². The van der Waals surface area contributed by atoms with Crippen LogP contribution >= 0.6 is 0 Å². The Bertz CT molecular complexity index is 145. The lowest BCUT2D eigenvalue weighted by Crippen LogP contribution is -2.52. The highest BCUT2D eigenvalue weighted by Gasteiger charge is 2.24. The molecule has 0 radical (unpaired) electrons. The summed E-state index contributed by atoms with van der Waals surface area (Å²) in [5.74, 6) is 0. The average Bonchev–Trinajstić information content (AvgIpc) is 2.01. The molecular weight excluding hydrogens is 142 g/mol. The molecule has 3 N–H and O–H groups in total. The smallest absolute Gasteiger partial charge is 0.317 e. The first kappa shape index (κ1) is 10.2. The molecule has 0 aliphatic carbocycles. The van der Waals surface area contributed by atoms with Crippen molar-refractivity contribution >= 4 is 6.03 Å². The van der Waals surface area contributed by atoms with Crippen molar-refractivity contribution in [2.24, 2.45) is 5.73 Å². The maximum atomic E-state index is 11.1. The Hall–Kier alpha value is -0.770. The third kappa shape index (κ3) is 2.38. The molecule has 0 aliphatic heterocycles. The minimum Gasteiger partial charge on any atom is -0.341 e. The highest BCUT2D eigenvalue weighted by molar-refractivity contribution is 5.74. The summed E-state index contributed by atoms with van der Waals surface area (Å²) in [5.41, 5.74) is 5.20. The second-order valence-electron chi connectivity index (χ2n) is 3.13. The lowest BCUT2D eigenvalue weighted by Gasteiger charge is -2.33. The van der Waals surface area contributed by atoms with Gasteiger partial charge in [0.25, 0.3) is 0 Å². The number of nitrogens with two attached hydrogens (primary N) is 1. The van der Waals surface area contributed by atoms with Crippen LogP contribution in [0.3, 0.4) is 0 Å². The van der Waals surface area contributed by atoms with Crippen LogP contribution in [-0.2, 0) is 0 Å². The predicted molar refractivity (Wildman–Crippen MR) is 45.4 cm³/mol. The van der Waals surface area contributed by atoms with Crippen LogP contribution in [-0.4, -0.2) is 37.1 Å². The van der Waals surface area contributed by atoms with E-state index < -0.39 is 0 Å². The fourth-order valence-electron chi connectivity index (χ4n) is 0.580. The number of carbonyl (C=O) groups excluding carboxylic acids is 1. The molecular formula is C7H17N3O. The van der Waals surface area contributed by atoms with Gasteiger partial charge in [-0.15, -0.1) is 0 Å². The Labute approximate surface area is 67.7 Å². The lowest BCUT2D eigenvalue weighted by atomic mass is 10.1. The molecule has 0 spiro atoms. The van der Waals surface area contributed by atoms with Crippen LogP contribution in [0.1, 0.15) is 13.8 Å². The van der Waals surface area contributed by atoms with Gasteiger partial charge in [-0.25, -0.2) is 4.79 Å². The second-order valence-corrected chi connectivity index (χ2v) is 3.13. The first-order chi connectivity index (χ1) is 4.95. The van der Waals surface area contributed by atoms with Gasteiger partial charge in [-0.2, -0.15) is 0 Å². The Morgan fingerprint density at radius 3 is 2.36 bits per heavy atom. The van der Waals surface area contributed by atoms with Crippen molar-refractivity contribution in [3.63, 3.8) is 0 Å². The van der Waals surface area contributed by atoms with E-state index in [-0.39, 0.29) is 11.6 Å². The molecule has 4 heteroatoms. The van der Waals surface area contributed by atoms with Crippen molar-refractivity contribution in [3.8, 4) is 0 Å². The quantitative estimate of drug-likeness (QED) is 0.595. The van der Waals surface area contributed by atoms with Crippen molar-refractivity contribution in [1.29, 1.82) is 0 Å². The van der Waals surface area contributed by atoms with Gasteiger partial charge in [0.15, 0.2) is 0 Å². The largest absolute Gasteiger partial charge is 0.341 e. The fraction of sp³-hybridized carbons (Fsp3) is 0.857. The number of hydrogen-bond donors (Lipinski definition) is 2. The van der Waals surface area contributed by atoms with Crippen LogP contribution in [0.25, 0.3) is 0 Å². The highest BCUT2D eigenvalue weighted by atomic mass is 16.2. The molecule has 0 rings (SSSR count). The second kappa shape index (κ2) is 3.57. The number of nitrogens with one attached hydrogen (secondary N) is 1. The van der Waals surface area contributed by atoms with E-state index in [1.54, 1.807) is 19.0 Å². The van der Waals surface area contributed by atoms with Gasteiger partial charge in [0.1, 0.15) is 0 Å². The summed E-state index contributed by atoms with van der Waals surface area (Å²) >= 11 is 0. The number of rotatable bonds is 2. The van der Waals surface area contributed by atoms with Gasteiger partial charge in [0.05, 0.1) is 5.54 Å². The van der Waals surface area contributed by atoms with Gasteiger partial charge in [-0.05, 0) is 13.8 Å². The van der Waals surface area contributed by atoms with E-state index in [0.717, 1.165) is 0 Å². The van der Waals surface area contributed by atoms with Crippen molar-refractivity contribution < 1.29 is 4.79 Å². The van der Waals surface area contributed by atoms with Crippen LogP contribution in [0, 0.1) is 0 Å². The number of urea groups is 1. The van der Waals surface area contributed by atoms with E-state index in [9.17, 15) is 4.79 Å². The van der Waals surface area contributed by atoms with E-state index in [2.05, 4.69) is 5.32 Å². The number of likely N-dealkylation sites (N-methyl/N-ethyl adjacent to an activating group) is 1. The summed E-state index contributed by atoms with van der Waals surface area (Å²) in [6.07, 6.45) is 0. The van der Waals surface area contributed by atoms with Crippen LogP contribution in [0.2, 0.25) is 0 Å². The number of carbonyl (C=O) groups is 1. The first-order valence-electron chi connectivity index (χ1n) is 3.61. The number of hydrogen-bond acceptors (Lipinski definition) is 2. The van der Waals surface area contributed by atoms with Crippen LogP contribution in [0.5, 0.6) is 0 Å². The highest BCUT2D eigenvalue weighted by Crippen LogP contribution is 2.09. The van der Waals surface area contributed by atoms with Gasteiger partial charge >= 0.3 is 6.03 Å². The molecule has 2 amide bonds. The molecule has 0 aromatic heterocycles. The summed E-state index contributed by atoms with van der Waals surface area (Å²) in [7, 11) is 3.33. The van der Waals surface area contributed by atoms with E-state index >= 15 is 0 Å². The Morgan fingerprint density at radius 2 is 2.09 bits per heavy atom. The molecule has 0 saturated carbocycles. The van der Waals surface area contributed by atoms with Gasteiger partial charge in [-0.1, -0.05) is 0 Å². The molecule has 0 bridgehead atoms. The standard InChI is InChI=1S/C7H17N3O/c1-7(2,5-8)10(4)6(11)9-3/h5,8H2,1-4H3,(H,9,11). The Balaban J connectivity index is 4.22. The SMILES string of the molecule is CNC(=O)N(C)C(C)(C)CN. The molecule has 0 fully saturated rings. The number of nitrogens with zero attached hydrogens (tertiary/aromatic N) is 1. The van der Waals surface area contributed by atoms with Crippen molar-refractivity contribution in [1.82, 2.24) is 10.2 Å². The van der Waals surface area contributed by atoms with Crippen molar-refractivity contribution in [2.45, 2.75) is 19.4 Å². The molecule has 0 aliphatic rings. The predicted octanol–water partition coefficient (Wildman–Crippen LogP) is -0.00510. The first-order valence-corrected chi connectivity index (χ1v) is 3.61.